The third kappa shape index (κ3) is 7.31. The maximum absolute atomic E-state index is 13.3. The molecule has 0 aliphatic heterocycles. The predicted molar refractivity (Wildman–Crippen MR) is 73.2 cm³/mol. The Morgan fingerprint density at radius 2 is 2.05 bits per heavy atom. The Labute approximate surface area is 120 Å². The monoisotopic (exact) mass is 323 g/mol. The summed E-state index contributed by atoms with van der Waals surface area (Å²) >= 11 is 1.13. The Hall–Kier alpha value is -1.32. The summed E-state index contributed by atoms with van der Waals surface area (Å²) in [6, 6.07) is 6.38. The zero-order valence-corrected chi connectivity index (χ0v) is 12.2. The van der Waals surface area contributed by atoms with Gasteiger partial charge in [0.1, 0.15) is 5.75 Å². The third-order valence-corrected chi connectivity index (χ3v) is 3.67. The van der Waals surface area contributed by atoms with Gasteiger partial charge in [-0.3, -0.25) is 0 Å². The van der Waals surface area contributed by atoms with E-state index < -0.39 is 28.9 Å². The molecular formula is C11H14FNO5S2. The van der Waals surface area contributed by atoms with Crippen LogP contribution in [-0.2, 0) is 14.8 Å². The number of hydrogen-bond acceptors (Lipinski definition) is 5. The van der Waals surface area contributed by atoms with E-state index >= 15 is 0 Å². The molecule has 1 aromatic rings. The lowest BCUT2D eigenvalue weighted by molar-refractivity contribution is -0.139. The Balaban J connectivity index is 2.43. The van der Waals surface area contributed by atoms with Crippen LogP contribution >= 0.6 is 11.8 Å². The summed E-state index contributed by atoms with van der Waals surface area (Å²) < 4.78 is 41.6. The minimum atomic E-state index is -3.56. The van der Waals surface area contributed by atoms with E-state index in [1.807, 2.05) is 4.72 Å². The number of carbonyl (C=O) groups is 1. The van der Waals surface area contributed by atoms with Gasteiger partial charge in [0.25, 0.3) is 0 Å². The van der Waals surface area contributed by atoms with Crippen LogP contribution in [-0.4, -0.2) is 44.4 Å². The molecular weight excluding hydrogens is 309 g/mol. The zero-order valence-electron chi connectivity index (χ0n) is 10.6. The zero-order chi connectivity index (χ0) is 15.2. The fourth-order valence-electron chi connectivity index (χ4n) is 1.21. The summed E-state index contributed by atoms with van der Waals surface area (Å²) in [6.45, 7) is -0.433. The van der Waals surface area contributed by atoms with E-state index in [0.717, 1.165) is 18.0 Å². The fraction of sp³-hybridized carbons (Fsp3) is 0.364. The summed E-state index contributed by atoms with van der Waals surface area (Å²) in [4.78, 5) is 11.0. The lowest BCUT2D eigenvalue weighted by atomic mass is 10.3. The molecule has 2 N–H and O–H groups in total. The number of thioether (sulfide) groups is 1. The molecule has 112 valence electrons. The molecule has 1 atom stereocenters. The van der Waals surface area contributed by atoms with E-state index in [-0.39, 0.29) is 5.75 Å². The first-order valence-electron chi connectivity index (χ1n) is 5.45. The summed E-state index contributed by atoms with van der Waals surface area (Å²) in [5.74, 6) is -0.749. The second-order valence-electron chi connectivity index (χ2n) is 3.82. The van der Waals surface area contributed by atoms with E-state index in [1.165, 1.54) is 0 Å². The van der Waals surface area contributed by atoms with Crippen molar-refractivity contribution in [3.05, 3.63) is 24.3 Å². The van der Waals surface area contributed by atoms with E-state index in [2.05, 4.69) is 0 Å². The van der Waals surface area contributed by atoms with Gasteiger partial charge in [-0.2, -0.15) is 4.72 Å². The first-order chi connectivity index (χ1) is 9.26. The van der Waals surface area contributed by atoms with Gasteiger partial charge in [0, 0.05) is 10.6 Å². The van der Waals surface area contributed by atoms with Gasteiger partial charge in [0.05, 0.1) is 6.26 Å². The number of benzene rings is 1. The largest absolute Gasteiger partial charge is 0.482 e. The quantitative estimate of drug-likeness (QED) is 0.549. The number of ether oxygens (including phenoxy) is 1. The van der Waals surface area contributed by atoms with Crippen molar-refractivity contribution in [3.8, 4) is 5.75 Å². The molecule has 1 aromatic carbocycles. The van der Waals surface area contributed by atoms with E-state index in [9.17, 15) is 17.6 Å². The highest BCUT2D eigenvalue weighted by molar-refractivity contribution is 7.99. The average molecular weight is 323 g/mol. The van der Waals surface area contributed by atoms with Crippen molar-refractivity contribution in [1.29, 1.82) is 0 Å². The summed E-state index contributed by atoms with van der Waals surface area (Å²) in [6.07, 6.45) is -0.781. The van der Waals surface area contributed by atoms with Crippen LogP contribution in [0.3, 0.4) is 0 Å². The highest BCUT2D eigenvalue weighted by atomic mass is 32.2. The van der Waals surface area contributed by atoms with Crippen LogP contribution in [0.5, 0.6) is 5.75 Å². The van der Waals surface area contributed by atoms with Crippen molar-refractivity contribution in [2.75, 3.05) is 18.6 Å². The van der Waals surface area contributed by atoms with Gasteiger partial charge in [-0.25, -0.2) is 17.6 Å². The third-order valence-electron chi connectivity index (χ3n) is 1.92. The molecule has 0 radical (unpaired) electrons. The lowest BCUT2D eigenvalue weighted by Gasteiger charge is -2.09. The SMILES string of the molecule is CS(=O)(=O)NC(F)CSc1ccc(OCC(=O)O)cc1. The van der Waals surface area contributed by atoms with Crippen molar-refractivity contribution in [3.63, 3.8) is 0 Å². The highest BCUT2D eigenvalue weighted by Gasteiger charge is 2.12. The average Bonchev–Trinajstić information content (AvgIpc) is 2.33. The van der Waals surface area contributed by atoms with Crippen LogP contribution < -0.4 is 9.46 Å². The summed E-state index contributed by atoms with van der Waals surface area (Å²) in [7, 11) is -3.56. The lowest BCUT2D eigenvalue weighted by Crippen LogP contribution is -2.32. The second-order valence-corrected chi connectivity index (χ2v) is 6.70. The molecule has 0 aromatic heterocycles. The predicted octanol–water partition coefficient (Wildman–Crippen LogP) is 1.09. The molecule has 0 saturated heterocycles. The maximum atomic E-state index is 13.3. The van der Waals surface area contributed by atoms with Crippen LogP contribution in [0, 0.1) is 0 Å². The smallest absolute Gasteiger partial charge is 0.341 e. The molecule has 0 heterocycles. The van der Waals surface area contributed by atoms with Crippen molar-refractivity contribution < 1.29 is 27.4 Å². The molecule has 0 saturated carbocycles. The Morgan fingerprint density at radius 1 is 1.45 bits per heavy atom. The van der Waals surface area contributed by atoms with Crippen LogP contribution in [0.1, 0.15) is 0 Å². The molecule has 20 heavy (non-hydrogen) atoms. The number of nitrogens with one attached hydrogen (secondary N) is 1. The molecule has 6 nitrogen and oxygen atoms in total. The maximum Gasteiger partial charge on any atom is 0.341 e. The van der Waals surface area contributed by atoms with Gasteiger partial charge < -0.3 is 9.84 Å². The molecule has 0 aliphatic carbocycles. The van der Waals surface area contributed by atoms with Gasteiger partial charge in [-0.15, -0.1) is 11.8 Å². The topological polar surface area (TPSA) is 92.7 Å². The van der Waals surface area contributed by atoms with Crippen LogP contribution in [0.25, 0.3) is 0 Å². The second kappa shape index (κ2) is 7.46. The van der Waals surface area contributed by atoms with E-state index in [0.29, 0.717) is 10.6 Å². The van der Waals surface area contributed by atoms with Crippen molar-refractivity contribution in [2.24, 2.45) is 0 Å². The first-order valence-corrected chi connectivity index (χ1v) is 8.33. The molecule has 0 amide bonds. The Kier molecular flexibility index (Phi) is 6.24. The number of carboxylic acids is 1. The first kappa shape index (κ1) is 16.7. The minimum Gasteiger partial charge on any atom is -0.482 e. The molecule has 9 heteroatoms. The normalized spacial score (nSPS) is 12.9. The number of carboxylic acid groups (broad SMARTS) is 1. The number of hydrogen-bond donors (Lipinski definition) is 2. The van der Waals surface area contributed by atoms with E-state index in [1.54, 1.807) is 24.3 Å². The molecule has 0 aliphatic rings. The number of halogens is 1. The molecule has 1 rings (SSSR count). The van der Waals surface area contributed by atoms with Gasteiger partial charge in [-0.1, -0.05) is 0 Å². The van der Waals surface area contributed by atoms with Crippen LogP contribution in [0.4, 0.5) is 4.39 Å². The van der Waals surface area contributed by atoms with Gasteiger partial charge in [0.2, 0.25) is 10.0 Å². The molecule has 0 fully saturated rings. The van der Waals surface area contributed by atoms with Gasteiger partial charge >= 0.3 is 5.97 Å². The van der Waals surface area contributed by atoms with Crippen molar-refractivity contribution >= 4 is 27.8 Å². The van der Waals surface area contributed by atoms with Crippen molar-refractivity contribution in [1.82, 2.24) is 4.72 Å². The van der Waals surface area contributed by atoms with Crippen molar-refractivity contribution in [2.45, 2.75) is 11.2 Å². The van der Waals surface area contributed by atoms with Crippen LogP contribution in [0.2, 0.25) is 0 Å². The summed E-state index contributed by atoms with van der Waals surface area (Å²) in [5, 5.41) is 8.44. The summed E-state index contributed by atoms with van der Waals surface area (Å²) in [5.41, 5.74) is 0. The standard InChI is InChI=1S/C11H14FNO5S2/c1-20(16,17)13-10(12)7-19-9-4-2-8(3-5-9)18-6-11(14)15/h2-5,10,13H,6-7H2,1H3,(H,14,15). The van der Waals surface area contributed by atoms with Crippen LogP contribution in [0.15, 0.2) is 29.2 Å². The highest BCUT2D eigenvalue weighted by Crippen LogP contribution is 2.22. The number of rotatable bonds is 8. The number of aliphatic carboxylic acids is 1. The van der Waals surface area contributed by atoms with E-state index in [4.69, 9.17) is 9.84 Å². The number of alkyl halides is 1. The Bertz CT molecular complexity index is 546. The number of sulfonamides is 1. The Morgan fingerprint density at radius 3 is 2.55 bits per heavy atom. The minimum absolute atomic E-state index is 0.0671. The van der Waals surface area contributed by atoms with Gasteiger partial charge in [0.15, 0.2) is 12.9 Å². The molecule has 0 spiro atoms. The molecule has 1 unspecified atom stereocenters. The fourth-order valence-corrected chi connectivity index (χ4v) is 2.62. The molecule has 0 bridgehead atoms. The van der Waals surface area contributed by atoms with Gasteiger partial charge in [-0.05, 0) is 24.3 Å².